The quantitative estimate of drug-likeness (QED) is 0.871. The van der Waals surface area contributed by atoms with E-state index in [0.29, 0.717) is 43.4 Å². The Kier molecular flexibility index (Phi) is 4.50. The Balaban J connectivity index is 1.72. The molecule has 1 aliphatic heterocycles. The van der Waals surface area contributed by atoms with Crippen LogP contribution in [0, 0.1) is 0 Å². The molecule has 27 heavy (non-hydrogen) atoms. The van der Waals surface area contributed by atoms with E-state index in [-0.39, 0.29) is 11.7 Å². The second-order valence-electron chi connectivity index (χ2n) is 6.50. The number of hydrogen-bond donors (Lipinski definition) is 1. The molecule has 1 saturated carbocycles. The molecule has 4 rings (SSSR count). The van der Waals surface area contributed by atoms with Crippen LogP contribution in [0.25, 0.3) is 11.3 Å². The Morgan fingerprint density at radius 2 is 1.89 bits per heavy atom. The van der Waals surface area contributed by atoms with Crippen LogP contribution in [0.2, 0.25) is 0 Å². The Morgan fingerprint density at radius 1 is 1.15 bits per heavy atom. The van der Waals surface area contributed by atoms with Gasteiger partial charge in [-0.3, -0.25) is 0 Å². The van der Waals surface area contributed by atoms with Crippen molar-refractivity contribution >= 4 is 11.6 Å². The van der Waals surface area contributed by atoms with Gasteiger partial charge in [-0.05, 0) is 18.9 Å². The van der Waals surface area contributed by atoms with Crippen molar-refractivity contribution in [3.8, 4) is 17.0 Å². The lowest BCUT2D eigenvalue weighted by molar-refractivity contribution is -0.274. The number of hydrogen-bond acceptors (Lipinski definition) is 7. The van der Waals surface area contributed by atoms with Crippen molar-refractivity contribution in [3.05, 3.63) is 24.2 Å². The van der Waals surface area contributed by atoms with E-state index in [9.17, 15) is 13.2 Å². The number of nitrogens with two attached hydrogens (primary N) is 1. The number of anilines is 2. The van der Waals surface area contributed by atoms with Crippen LogP contribution in [0.3, 0.4) is 0 Å². The number of nitrogen functional groups attached to an aromatic ring is 1. The smallest absolute Gasteiger partial charge is 0.402 e. The zero-order chi connectivity index (χ0) is 19.0. The highest BCUT2D eigenvalue weighted by molar-refractivity contribution is 5.66. The molecule has 2 aromatic heterocycles. The summed E-state index contributed by atoms with van der Waals surface area (Å²) in [6.45, 7) is 2.60. The molecule has 2 aromatic rings. The minimum absolute atomic E-state index is 0.289. The van der Waals surface area contributed by atoms with E-state index in [0.717, 1.165) is 18.7 Å². The first-order valence-electron chi connectivity index (χ1n) is 8.62. The first-order valence-corrected chi connectivity index (χ1v) is 8.62. The van der Waals surface area contributed by atoms with Crippen molar-refractivity contribution in [3.63, 3.8) is 0 Å². The van der Waals surface area contributed by atoms with Crippen LogP contribution in [0.4, 0.5) is 24.8 Å². The van der Waals surface area contributed by atoms with Crippen LogP contribution >= 0.6 is 0 Å². The molecule has 2 fully saturated rings. The van der Waals surface area contributed by atoms with Crippen LogP contribution in [-0.2, 0) is 4.74 Å². The fourth-order valence-corrected chi connectivity index (χ4v) is 2.88. The van der Waals surface area contributed by atoms with Crippen LogP contribution in [0.5, 0.6) is 5.75 Å². The summed E-state index contributed by atoms with van der Waals surface area (Å²) in [5.41, 5.74) is 6.40. The van der Waals surface area contributed by atoms with Gasteiger partial charge in [-0.1, -0.05) is 0 Å². The van der Waals surface area contributed by atoms with E-state index >= 15 is 0 Å². The van der Waals surface area contributed by atoms with E-state index in [1.54, 1.807) is 6.07 Å². The molecule has 0 spiro atoms. The van der Waals surface area contributed by atoms with E-state index in [1.165, 1.54) is 12.3 Å². The maximum atomic E-state index is 12.6. The Morgan fingerprint density at radius 3 is 2.56 bits per heavy atom. The van der Waals surface area contributed by atoms with Gasteiger partial charge in [0, 0.05) is 36.8 Å². The highest BCUT2D eigenvalue weighted by Crippen LogP contribution is 2.40. The predicted octanol–water partition coefficient (Wildman–Crippen LogP) is 2.73. The molecule has 2 N–H and O–H groups in total. The minimum atomic E-state index is -4.85. The van der Waals surface area contributed by atoms with Gasteiger partial charge in [-0.15, -0.1) is 13.2 Å². The lowest BCUT2D eigenvalue weighted by atomic mass is 10.1. The van der Waals surface area contributed by atoms with E-state index < -0.39 is 12.1 Å². The molecule has 1 aliphatic carbocycles. The second-order valence-corrected chi connectivity index (χ2v) is 6.50. The Bertz CT molecular complexity index is 836. The third-order valence-corrected chi connectivity index (χ3v) is 4.41. The zero-order valence-corrected chi connectivity index (χ0v) is 14.4. The van der Waals surface area contributed by atoms with Gasteiger partial charge in [0.15, 0.2) is 11.6 Å². The fourth-order valence-electron chi connectivity index (χ4n) is 2.88. The first kappa shape index (κ1) is 17.8. The minimum Gasteiger partial charge on any atom is -0.402 e. The lowest BCUT2D eigenvalue weighted by Crippen LogP contribution is -2.37. The molecule has 0 aromatic carbocycles. The van der Waals surface area contributed by atoms with Crippen LogP contribution in [0.15, 0.2) is 18.3 Å². The average molecular weight is 381 g/mol. The van der Waals surface area contributed by atoms with Gasteiger partial charge in [-0.25, -0.2) is 15.0 Å². The second kappa shape index (κ2) is 6.84. The summed E-state index contributed by atoms with van der Waals surface area (Å²) in [6.07, 6.45) is -1.44. The number of pyridine rings is 1. The number of alkyl halides is 3. The molecule has 0 radical (unpaired) electrons. The topological polar surface area (TPSA) is 86.4 Å². The van der Waals surface area contributed by atoms with Gasteiger partial charge in [0.1, 0.15) is 11.6 Å². The Hall–Kier alpha value is -2.62. The highest BCUT2D eigenvalue weighted by Gasteiger charge is 2.33. The van der Waals surface area contributed by atoms with E-state index in [2.05, 4.69) is 24.6 Å². The first-order chi connectivity index (χ1) is 12.9. The SMILES string of the molecule is Nc1ncc(-c2cc(N3CCOCC3)nc(C3CC3)n2)cc1OC(F)(F)F. The standard InChI is InChI=1S/C17H18F3N5O2/c18-17(19,20)27-13-7-11(9-22-15(13)21)12-8-14(25-3-5-26-6-4-25)24-16(23-12)10-1-2-10/h7-10H,1-6H2,(H2,21,22). The summed E-state index contributed by atoms with van der Waals surface area (Å²) in [4.78, 5) is 15.1. The molecule has 2 aliphatic rings. The maximum Gasteiger partial charge on any atom is 0.573 e. The summed E-state index contributed by atoms with van der Waals surface area (Å²) in [5, 5.41) is 0. The normalized spacial score (nSPS) is 17.8. The third kappa shape index (κ3) is 4.21. The largest absolute Gasteiger partial charge is 0.573 e. The van der Waals surface area contributed by atoms with Gasteiger partial charge in [-0.2, -0.15) is 0 Å². The molecular formula is C17H18F3N5O2. The van der Waals surface area contributed by atoms with Gasteiger partial charge in [0.25, 0.3) is 0 Å². The number of ether oxygens (including phenoxy) is 2. The lowest BCUT2D eigenvalue weighted by Gasteiger charge is -2.28. The molecule has 7 nitrogen and oxygen atoms in total. The molecule has 0 unspecified atom stereocenters. The highest BCUT2D eigenvalue weighted by atomic mass is 19.4. The van der Waals surface area contributed by atoms with Crippen molar-refractivity contribution in [2.75, 3.05) is 36.9 Å². The van der Waals surface area contributed by atoms with Gasteiger partial charge < -0.3 is 20.1 Å². The van der Waals surface area contributed by atoms with Gasteiger partial charge >= 0.3 is 6.36 Å². The molecule has 144 valence electrons. The van der Waals surface area contributed by atoms with Crippen molar-refractivity contribution in [2.24, 2.45) is 0 Å². The van der Waals surface area contributed by atoms with Crippen molar-refractivity contribution in [1.82, 2.24) is 15.0 Å². The Labute approximate surface area is 153 Å². The summed E-state index contributed by atoms with van der Waals surface area (Å²) in [7, 11) is 0. The number of rotatable bonds is 4. The monoisotopic (exact) mass is 381 g/mol. The molecule has 0 amide bonds. The van der Waals surface area contributed by atoms with Crippen molar-refractivity contribution < 1.29 is 22.6 Å². The summed E-state index contributed by atoms with van der Waals surface area (Å²) >= 11 is 0. The van der Waals surface area contributed by atoms with Gasteiger partial charge in [0.05, 0.1) is 18.9 Å². The number of aromatic nitrogens is 3. The van der Waals surface area contributed by atoms with E-state index in [1.807, 2.05) is 0 Å². The zero-order valence-electron chi connectivity index (χ0n) is 14.4. The average Bonchev–Trinajstić information content (AvgIpc) is 3.48. The summed E-state index contributed by atoms with van der Waals surface area (Å²) in [6, 6.07) is 2.96. The summed E-state index contributed by atoms with van der Waals surface area (Å²) in [5.74, 6) is 0.849. The molecule has 0 bridgehead atoms. The molecule has 10 heteroatoms. The molecule has 0 atom stereocenters. The molecule has 3 heterocycles. The van der Waals surface area contributed by atoms with Crippen molar-refractivity contribution in [1.29, 1.82) is 0 Å². The number of nitrogens with zero attached hydrogens (tertiary/aromatic N) is 4. The molecular weight excluding hydrogens is 363 g/mol. The summed E-state index contributed by atoms with van der Waals surface area (Å²) < 4.78 is 47.1. The predicted molar refractivity (Wildman–Crippen MR) is 91.4 cm³/mol. The fraction of sp³-hybridized carbons (Fsp3) is 0.471. The molecule has 1 saturated heterocycles. The number of morpholine rings is 1. The van der Waals surface area contributed by atoms with Crippen LogP contribution < -0.4 is 15.4 Å². The van der Waals surface area contributed by atoms with Gasteiger partial charge in [0.2, 0.25) is 0 Å². The maximum absolute atomic E-state index is 12.6. The van der Waals surface area contributed by atoms with Crippen molar-refractivity contribution in [2.45, 2.75) is 25.1 Å². The third-order valence-electron chi connectivity index (χ3n) is 4.41. The van der Waals surface area contributed by atoms with E-state index in [4.69, 9.17) is 10.5 Å². The van der Waals surface area contributed by atoms with Crippen LogP contribution in [0.1, 0.15) is 24.6 Å². The number of halogens is 3. The van der Waals surface area contributed by atoms with Crippen LogP contribution in [-0.4, -0.2) is 47.6 Å².